The number of non-ortho nitro benzene ring substituents is 1. The monoisotopic (exact) mass is 436 g/mol. The molecule has 0 spiro atoms. The third-order valence-electron chi connectivity index (χ3n) is 4.81. The summed E-state index contributed by atoms with van der Waals surface area (Å²) in [6, 6.07) is 9.31. The fraction of sp³-hybridized carbons (Fsp3) is 0.316. The number of amides is 1. The predicted molar refractivity (Wildman–Crippen MR) is 108 cm³/mol. The summed E-state index contributed by atoms with van der Waals surface area (Å²) in [6.45, 7) is 2.58. The number of piperazine rings is 1. The number of sulfonamides is 1. The van der Waals surface area contributed by atoms with E-state index in [0.29, 0.717) is 24.3 Å². The number of nitrogens with zero attached hydrogens (tertiary/aromatic N) is 3. The highest BCUT2D eigenvalue weighted by Gasteiger charge is 2.31. The van der Waals surface area contributed by atoms with E-state index in [1.54, 1.807) is 17.9 Å². The molecule has 0 aliphatic carbocycles. The molecule has 0 aromatic heterocycles. The van der Waals surface area contributed by atoms with Crippen LogP contribution in [0.25, 0.3) is 0 Å². The van der Waals surface area contributed by atoms with Crippen LogP contribution in [0.4, 0.5) is 15.8 Å². The Kier molecular flexibility index (Phi) is 6.44. The number of halogens is 1. The van der Waals surface area contributed by atoms with Gasteiger partial charge in [-0.2, -0.15) is 4.31 Å². The first-order chi connectivity index (χ1) is 14.2. The molecule has 1 aliphatic heterocycles. The van der Waals surface area contributed by atoms with Crippen molar-refractivity contribution in [2.75, 3.05) is 38.0 Å². The van der Waals surface area contributed by atoms with Crippen LogP contribution in [-0.2, 0) is 14.8 Å². The molecule has 0 radical (unpaired) electrons. The molecule has 160 valence electrons. The van der Waals surface area contributed by atoms with Gasteiger partial charge in [-0.1, -0.05) is 12.1 Å². The van der Waals surface area contributed by atoms with Crippen molar-refractivity contribution in [3.63, 3.8) is 0 Å². The molecule has 1 heterocycles. The highest BCUT2D eigenvalue weighted by atomic mass is 32.2. The number of carbonyl (C=O) groups excluding carboxylic acids is 1. The van der Waals surface area contributed by atoms with Crippen molar-refractivity contribution in [2.24, 2.45) is 0 Å². The molecule has 2 aromatic rings. The summed E-state index contributed by atoms with van der Waals surface area (Å²) >= 11 is 0. The predicted octanol–water partition coefficient (Wildman–Crippen LogP) is 1.99. The van der Waals surface area contributed by atoms with Gasteiger partial charge in [0.05, 0.1) is 16.4 Å². The molecule has 0 saturated carbocycles. The van der Waals surface area contributed by atoms with Gasteiger partial charge in [0, 0.05) is 44.0 Å². The number of benzene rings is 2. The first-order valence-electron chi connectivity index (χ1n) is 9.20. The second-order valence-electron chi connectivity index (χ2n) is 6.95. The van der Waals surface area contributed by atoms with Gasteiger partial charge < -0.3 is 5.32 Å². The molecule has 1 aliphatic rings. The van der Waals surface area contributed by atoms with Crippen LogP contribution in [0.1, 0.15) is 5.56 Å². The Hall–Kier alpha value is -2.89. The largest absolute Gasteiger partial charge is 0.325 e. The first-order valence-corrected chi connectivity index (χ1v) is 10.6. The maximum Gasteiger partial charge on any atom is 0.270 e. The summed E-state index contributed by atoms with van der Waals surface area (Å²) in [6.07, 6.45) is 0. The molecule has 11 heteroatoms. The van der Waals surface area contributed by atoms with Gasteiger partial charge in [-0.25, -0.2) is 12.8 Å². The Morgan fingerprint density at radius 1 is 1.17 bits per heavy atom. The van der Waals surface area contributed by atoms with E-state index in [0.717, 1.165) is 6.07 Å². The van der Waals surface area contributed by atoms with E-state index in [1.165, 1.54) is 34.6 Å². The number of nitrogens with one attached hydrogen (secondary N) is 1. The molecule has 1 amide bonds. The highest BCUT2D eigenvalue weighted by molar-refractivity contribution is 7.89. The van der Waals surface area contributed by atoms with E-state index >= 15 is 0 Å². The van der Waals surface area contributed by atoms with Crippen molar-refractivity contribution >= 4 is 27.3 Å². The van der Waals surface area contributed by atoms with Crippen LogP contribution < -0.4 is 5.32 Å². The van der Waals surface area contributed by atoms with Crippen LogP contribution in [0.3, 0.4) is 0 Å². The zero-order chi connectivity index (χ0) is 21.9. The standard InChI is InChI=1S/C19H21FN4O5S/c1-14-5-6-17(24(26)27)12-18(14)30(28,29)23-9-7-22(8-10-23)13-19(25)21-16-4-2-3-15(20)11-16/h2-6,11-12H,7-10,13H2,1H3,(H,21,25). The van der Waals surface area contributed by atoms with Gasteiger partial charge in [-0.3, -0.25) is 19.8 Å². The minimum atomic E-state index is -3.89. The van der Waals surface area contributed by atoms with Crippen LogP contribution in [0.2, 0.25) is 0 Å². The van der Waals surface area contributed by atoms with Crippen molar-refractivity contribution in [3.05, 3.63) is 64.0 Å². The van der Waals surface area contributed by atoms with E-state index < -0.39 is 20.8 Å². The highest BCUT2D eigenvalue weighted by Crippen LogP contribution is 2.25. The van der Waals surface area contributed by atoms with E-state index in [9.17, 15) is 27.7 Å². The summed E-state index contributed by atoms with van der Waals surface area (Å²) in [4.78, 5) is 24.2. The third kappa shape index (κ3) is 4.99. The fourth-order valence-corrected chi connectivity index (χ4v) is 4.88. The van der Waals surface area contributed by atoms with Crippen LogP contribution in [0.5, 0.6) is 0 Å². The quantitative estimate of drug-likeness (QED) is 0.547. The molecule has 1 saturated heterocycles. The topological polar surface area (TPSA) is 113 Å². The lowest BCUT2D eigenvalue weighted by Gasteiger charge is -2.33. The summed E-state index contributed by atoms with van der Waals surface area (Å²) in [5.74, 6) is -0.783. The number of nitro groups is 1. The van der Waals surface area contributed by atoms with Crippen LogP contribution in [-0.4, -0.2) is 61.2 Å². The smallest absolute Gasteiger partial charge is 0.270 e. The van der Waals surface area contributed by atoms with Crippen LogP contribution >= 0.6 is 0 Å². The maximum absolute atomic E-state index is 13.2. The van der Waals surface area contributed by atoms with Gasteiger partial charge in [0.1, 0.15) is 5.82 Å². The molecule has 0 bridgehead atoms. The third-order valence-corrected chi connectivity index (χ3v) is 6.85. The zero-order valence-corrected chi connectivity index (χ0v) is 17.1. The number of hydrogen-bond acceptors (Lipinski definition) is 6. The second-order valence-corrected chi connectivity index (χ2v) is 8.85. The molecule has 9 nitrogen and oxygen atoms in total. The molecule has 3 rings (SSSR count). The number of hydrogen-bond donors (Lipinski definition) is 1. The summed E-state index contributed by atoms with van der Waals surface area (Å²) < 4.78 is 40.4. The first kappa shape index (κ1) is 21.8. The Labute approximate surface area is 173 Å². The fourth-order valence-electron chi connectivity index (χ4n) is 3.22. The second kappa shape index (κ2) is 8.86. The van der Waals surface area contributed by atoms with Gasteiger partial charge >= 0.3 is 0 Å². The molecule has 1 N–H and O–H groups in total. The minimum absolute atomic E-state index is 0.0419. The Morgan fingerprint density at radius 2 is 1.87 bits per heavy atom. The Bertz CT molecular complexity index is 1070. The van der Waals surface area contributed by atoms with Gasteiger partial charge in [-0.05, 0) is 30.7 Å². The molecule has 0 atom stereocenters. The lowest BCUT2D eigenvalue weighted by Crippen LogP contribution is -2.50. The van der Waals surface area contributed by atoms with E-state index in [-0.39, 0.29) is 36.1 Å². The molecule has 1 fully saturated rings. The van der Waals surface area contributed by atoms with Crippen molar-refractivity contribution in [1.29, 1.82) is 0 Å². The molecule has 30 heavy (non-hydrogen) atoms. The molecular weight excluding hydrogens is 415 g/mol. The normalized spacial score (nSPS) is 15.7. The van der Waals surface area contributed by atoms with Gasteiger partial charge in [0.25, 0.3) is 5.69 Å². The van der Waals surface area contributed by atoms with Crippen molar-refractivity contribution in [3.8, 4) is 0 Å². The minimum Gasteiger partial charge on any atom is -0.325 e. The van der Waals surface area contributed by atoms with Gasteiger partial charge in [0.2, 0.25) is 15.9 Å². The number of anilines is 1. The number of aryl methyl sites for hydroxylation is 1. The SMILES string of the molecule is Cc1ccc([N+](=O)[O-])cc1S(=O)(=O)N1CCN(CC(=O)Nc2cccc(F)c2)CC1. The van der Waals surface area contributed by atoms with Crippen LogP contribution in [0, 0.1) is 22.9 Å². The molecular formula is C19H21FN4O5S. The van der Waals surface area contributed by atoms with E-state index in [4.69, 9.17) is 0 Å². The van der Waals surface area contributed by atoms with Gasteiger partial charge in [0.15, 0.2) is 0 Å². The average Bonchev–Trinajstić information content (AvgIpc) is 2.68. The summed E-state index contributed by atoms with van der Waals surface area (Å²) in [5, 5.41) is 13.6. The van der Waals surface area contributed by atoms with E-state index in [1.807, 2.05) is 0 Å². The summed E-state index contributed by atoms with van der Waals surface area (Å²) in [5.41, 5.74) is 0.492. The van der Waals surface area contributed by atoms with Crippen molar-refractivity contribution in [1.82, 2.24) is 9.21 Å². The van der Waals surface area contributed by atoms with Crippen molar-refractivity contribution in [2.45, 2.75) is 11.8 Å². The zero-order valence-electron chi connectivity index (χ0n) is 16.2. The van der Waals surface area contributed by atoms with Crippen molar-refractivity contribution < 1.29 is 22.5 Å². The Balaban J connectivity index is 1.61. The van der Waals surface area contributed by atoms with Crippen LogP contribution in [0.15, 0.2) is 47.4 Å². The lowest BCUT2D eigenvalue weighted by atomic mass is 10.2. The number of rotatable bonds is 6. The summed E-state index contributed by atoms with van der Waals surface area (Å²) in [7, 11) is -3.89. The molecule has 2 aromatic carbocycles. The number of nitro benzene ring substituents is 1. The average molecular weight is 436 g/mol. The lowest BCUT2D eigenvalue weighted by molar-refractivity contribution is -0.385. The maximum atomic E-state index is 13.2. The molecule has 0 unspecified atom stereocenters. The van der Waals surface area contributed by atoms with Gasteiger partial charge in [-0.15, -0.1) is 0 Å². The number of carbonyl (C=O) groups is 1. The van der Waals surface area contributed by atoms with E-state index in [2.05, 4.69) is 5.32 Å². The Morgan fingerprint density at radius 3 is 2.50 bits per heavy atom.